The minimum atomic E-state index is -0.957. The topological polar surface area (TPSA) is 79.3 Å². The van der Waals surface area contributed by atoms with E-state index >= 15 is 0 Å². The Labute approximate surface area is 124 Å². The van der Waals surface area contributed by atoms with Crippen LogP contribution in [0, 0.1) is 6.92 Å². The van der Waals surface area contributed by atoms with E-state index < -0.39 is 5.97 Å². The molecule has 0 aliphatic heterocycles. The monoisotopic (exact) mass is 310 g/mol. The number of amides is 1. The number of carbonyl (C=O) groups is 2. The number of benzene rings is 1. The van der Waals surface area contributed by atoms with Crippen molar-refractivity contribution in [3.05, 3.63) is 45.4 Å². The molecule has 7 heteroatoms. The third-order valence-corrected chi connectivity index (χ3v) is 3.76. The number of nitrogens with one attached hydrogen (secondary N) is 1. The standard InChI is InChI=1S/C13H11ClN2O3S/c1-7-4-8(2-3-10(7)14)12(19)16-13-15-9(6-20-13)5-11(17)18/h2-4,6H,5H2,1H3,(H,17,18)(H,15,16,19). The molecule has 2 aromatic rings. The van der Waals surface area contributed by atoms with Crippen molar-refractivity contribution in [2.24, 2.45) is 0 Å². The van der Waals surface area contributed by atoms with Crippen molar-refractivity contribution in [3.63, 3.8) is 0 Å². The van der Waals surface area contributed by atoms with Crippen LogP contribution in [0.2, 0.25) is 5.02 Å². The van der Waals surface area contributed by atoms with Gasteiger partial charge in [0, 0.05) is 16.0 Å². The van der Waals surface area contributed by atoms with Gasteiger partial charge in [0.1, 0.15) is 0 Å². The number of carboxylic acid groups (broad SMARTS) is 1. The number of carboxylic acids is 1. The third-order valence-electron chi connectivity index (χ3n) is 2.52. The van der Waals surface area contributed by atoms with Crippen molar-refractivity contribution in [1.29, 1.82) is 0 Å². The van der Waals surface area contributed by atoms with Crippen LogP contribution < -0.4 is 5.32 Å². The highest BCUT2D eigenvalue weighted by atomic mass is 35.5. The molecule has 20 heavy (non-hydrogen) atoms. The molecule has 1 amide bonds. The van der Waals surface area contributed by atoms with Gasteiger partial charge in [-0.25, -0.2) is 4.98 Å². The van der Waals surface area contributed by atoms with E-state index in [0.29, 0.717) is 21.4 Å². The molecule has 1 aromatic heterocycles. The van der Waals surface area contributed by atoms with Gasteiger partial charge in [-0.1, -0.05) is 11.6 Å². The van der Waals surface area contributed by atoms with Crippen LogP contribution in [-0.2, 0) is 11.2 Å². The smallest absolute Gasteiger partial charge is 0.309 e. The summed E-state index contributed by atoms with van der Waals surface area (Å²) in [6, 6.07) is 4.96. The Morgan fingerprint density at radius 1 is 1.45 bits per heavy atom. The van der Waals surface area contributed by atoms with Crippen LogP contribution in [0.1, 0.15) is 21.6 Å². The average Bonchev–Trinajstić information content (AvgIpc) is 2.79. The fraction of sp³-hybridized carbons (Fsp3) is 0.154. The van der Waals surface area contributed by atoms with Gasteiger partial charge >= 0.3 is 5.97 Å². The van der Waals surface area contributed by atoms with E-state index in [1.165, 1.54) is 11.3 Å². The number of halogens is 1. The molecule has 0 spiro atoms. The number of nitrogens with zero attached hydrogens (tertiary/aromatic N) is 1. The molecule has 0 saturated carbocycles. The summed E-state index contributed by atoms with van der Waals surface area (Å²) in [5.74, 6) is -1.26. The number of thiazole rings is 1. The quantitative estimate of drug-likeness (QED) is 0.910. The number of hydrogen-bond donors (Lipinski definition) is 2. The summed E-state index contributed by atoms with van der Waals surface area (Å²) in [4.78, 5) is 26.6. The third kappa shape index (κ3) is 3.55. The molecule has 0 fully saturated rings. The number of anilines is 1. The molecule has 5 nitrogen and oxygen atoms in total. The first-order valence-electron chi connectivity index (χ1n) is 5.69. The van der Waals surface area contributed by atoms with Crippen molar-refractivity contribution >= 4 is 39.9 Å². The van der Waals surface area contributed by atoms with Gasteiger partial charge < -0.3 is 5.11 Å². The summed E-state index contributed by atoms with van der Waals surface area (Å²) in [5.41, 5.74) is 1.71. The maximum Gasteiger partial charge on any atom is 0.309 e. The Balaban J connectivity index is 2.09. The maximum atomic E-state index is 12.0. The molecule has 0 radical (unpaired) electrons. The molecule has 2 N–H and O–H groups in total. The maximum absolute atomic E-state index is 12.0. The molecule has 0 atom stereocenters. The predicted molar refractivity (Wildman–Crippen MR) is 77.6 cm³/mol. The Bertz CT molecular complexity index is 669. The molecular weight excluding hydrogens is 300 g/mol. The van der Waals surface area contributed by atoms with Crippen molar-refractivity contribution in [2.75, 3.05) is 5.32 Å². The Hall–Kier alpha value is -1.92. The van der Waals surface area contributed by atoms with Crippen LogP contribution in [0.5, 0.6) is 0 Å². The van der Waals surface area contributed by atoms with Crippen molar-refractivity contribution in [3.8, 4) is 0 Å². The lowest BCUT2D eigenvalue weighted by molar-refractivity contribution is -0.136. The van der Waals surface area contributed by atoms with Crippen LogP contribution in [0.4, 0.5) is 5.13 Å². The van der Waals surface area contributed by atoms with E-state index in [1.54, 1.807) is 23.6 Å². The number of rotatable bonds is 4. The van der Waals surface area contributed by atoms with Gasteiger partial charge in [0.05, 0.1) is 12.1 Å². The highest BCUT2D eigenvalue weighted by molar-refractivity contribution is 7.14. The molecule has 1 heterocycles. The second-order valence-electron chi connectivity index (χ2n) is 4.13. The van der Waals surface area contributed by atoms with Gasteiger partial charge in [0.2, 0.25) is 0 Å². The van der Waals surface area contributed by atoms with Crippen molar-refractivity contribution in [1.82, 2.24) is 4.98 Å². The zero-order valence-electron chi connectivity index (χ0n) is 10.5. The predicted octanol–water partition coefficient (Wildman–Crippen LogP) is 2.98. The average molecular weight is 311 g/mol. The molecule has 0 saturated heterocycles. The largest absolute Gasteiger partial charge is 0.481 e. The first kappa shape index (κ1) is 14.5. The molecule has 1 aromatic carbocycles. The summed E-state index contributed by atoms with van der Waals surface area (Å²) in [7, 11) is 0. The summed E-state index contributed by atoms with van der Waals surface area (Å²) in [6.45, 7) is 1.81. The zero-order chi connectivity index (χ0) is 14.7. The lowest BCUT2D eigenvalue weighted by Crippen LogP contribution is -2.12. The summed E-state index contributed by atoms with van der Waals surface area (Å²) in [6.07, 6.45) is -0.160. The van der Waals surface area contributed by atoms with Crippen LogP contribution in [0.15, 0.2) is 23.6 Å². The first-order valence-corrected chi connectivity index (χ1v) is 6.95. The van der Waals surface area contributed by atoms with Gasteiger partial charge in [0.25, 0.3) is 5.91 Å². The van der Waals surface area contributed by atoms with Crippen LogP contribution in [0.3, 0.4) is 0 Å². The number of carbonyl (C=O) groups excluding carboxylic acids is 1. The molecule has 0 unspecified atom stereocenters. The molecule has 2 rings (SSSR count). The lowest BCUT2D eigenvalue weighted by Gasteiger charge is -2.04. The second-order valence-corrected chi connectivity index (χ2v) is 5.40. The van der Waals surface area contributed by atoms with E-state index in [-0.39, 0.29) is 12.3 Å². The highest BCUT2D eigenvalue weighted by Crippen LogP contribution is 2.19. The minimum Gasteiger partial charge on any atom is -0.481 e. The normalized spacial score (nSPS) is 10.3. The first-order chi connectivity index (χ1) is 9.45. The van der Waals surface area contributed by atoms with Crippen molar-refractivity contribution in [2.45, 2.75) is 13.3 Å². The van der Waals surface area contributed by atoms with Crippen LogP contribution in [0.25, 0.3) is 0 Å². The van der Waals surface area contributed by atoms with E-state index in [4.69, 9.17) is 16.7 Å². The van der Waals surface area contributed by atoms with Gasteiger partial charge in [-0.05, 0) is 30.7 Å². The second kappa shape index (κ2) is 6.02. The molecule has 0 bridgehead atoms. The number of aliphatic carboxylic acids is 1. The Morgan fingerprint density at radius 3 is 2.85 bits per heavy atom. The lowest BCUT2D eigenvalue weighted by atomic mass is 10.1. The number of aryl methyl sites for hydroxylation is 1. The van der Waals surface area contributed by atoms with E-state index in [1.807, 2.05) is 6.92 Å². The molecule has 0 aliphatic carbocycles. The van der Waals surface area contributed by atoms with E-state index in [9.17, 15) is 9.59 Å². The molecule has 104 valence electrons. The van der Waals surface area contributed by atoms with Gasteiger partial charge in [-0.2, -0.15) is 0 Å². The van der Waals surface area contributed by atoms with E-state index in [0.717, 1.165) is 5.56 Å². The molecular formula is C13H11ClN2O3S. The van der Waals surface area contributed by atoms with Gasteiger partial charge in [-0.3, -0.25) is 14.9 Å². The SMILES string of the molecule is Cc1cc(C(=O)Nc2nc(CC(=O)O)cs2)ccc1Cl. The van der Waals surface area contributed by atoms with Crippen LogP contribution >= 0.6 is 22.9 Å². The van der Waals surface area contributed by atoms with Gasteiger partial charge in [-0.15, -0.1) is 11.3 Å². The summed E-state index contributed by atoms with van der Waals surface area (Å²) in [5, 5.41) is 13.9. The summed E-state index contributed by atoms with van der Waals surface area (Å²) < 4.78 is 0. The fourth-order valence-corrected chi connectivity index (χ4v) is 2.38. The van der Waals surface area contributed by atoms with Gasteiger partial charge in [0.15, 0.2) is 5.13 Å². The molecule has 0 aliphatic rings. The Kier molecular flexibility index (Phi) is 4.36. The zero-order valence-corrected chi connectivity index (χ0v) is 12.1. The van der Waals surface area contributed by atoms with Crippen LogP contribution in [-0.4, -0.2) is 22.0 Å². The Morgan fingerprint density at radius 2 is 2.20 bits per heavy atom. The number of aromatic nitrogens is 1. The van der Waals surface area contributed by atoms with E-state index in [2.05, 4.69) is 10.3 Å². The fourth-order valence-electron chi connectivity index (χ4n) is 1.56. The minimum absolute atomic E-state index is 0.160. The summed E-state index contributed by atoms with van der Waals surface area (Å²) >= 11 is 7.09. The highest BCUT2D eigenvalue weighted by Gasteiger charge is 2.11. The number of hydrogen-bond acceptors (Lipinski definition) is 4. The van der Waals surface area contributed by atoms with Crippen molar-refractivity contribution < 1.29 is 14.7 Å².